The van der Waals surface area contributed by atoms with Crippen LogP contribution in [0.25, 0.3) is 0 Å². The van der Waals surface area contributed by atoms with Gasteiger partial charge in [0.05, 0.1) is 6.61 Å². The number of esters is 2. The fraction of sp³-hybridized carbons (Fsp3) is 0.600. The second-order valence-corrected chi connectivity index (χ2v) is 4.13. The number of ether oxygens (including phenoxy) is 2. The molecule has 0 bridgehead atoms. The molecule has 84 valence electrons. The highest BCUT2D eigenvalue weighted by Crippen LogP contribution is 2.31. The van der Waals surface area contributed by atoms with E-state index in [4.69, 9.17) is 9.47 Å². The highest BCUT2D eigenvalue weighted by molar-refractivity contribution is 9.12. The van der Waals surface area contributed by atoms with E-state index in [0.717, 1.165) is 0 Å². The van der Waals surface area contributed by atoms with Crippen LogP contribution in [0.1, 0.15) is 20.8 Å². The number of hydrogen-bond donors (Lipinski definition) is 0. The van der Waals surface area contributed by atoms with E-state index in [2.05, 4.69) is 15.9 Å². The summed E-state index contributed by atoms with van der Waals surface area (Å²) in [5.41, 5.74) is 0.664. The van der Waals surface area contributed by atoms with Crippen LogP contribution in [0, 0.1) is 5.92 Å². The second kappa shape index (κ2) is 4.79. The Balaban J connectivity index is 2.97. The summed E-state index contributed by atoms with van der Waals surface area (Å²) in [5, 5.41) is 0. The molecule has 0 spiro atoms. The summed E-state index contributed by atoms with van der Waals surface area (Å²) in [6.07, 6.45) is -0.474. The molecule has 4 nitrogen and oxygen atoms in total. The molecule has 5 heteroatoms. The summed E-state index contributed by atoms with van der Waals surface area (Å²) in [5.74, 6) is -1.29. The summed E-state index contributed by atoms with van der Waals surface area (Å²) in [6, 6.07) is 0. The van der Waals surface area contributed by atoms with Crippen molar-refractivity contribution in [3.63, 3.8) is 0 Å². The van der Waals surface area contributed by atoms with Gasteiger partial charge >= 0.3 is 11.9 Å². The summed E-state index contributed by atoms with van der Waals surface area (Å²) in [4.78, 5) is 22.9. The third kappa shape index (κ3) is 2.40. The van der Waals surface area contributed by atoms with E-state index in [1.54, 1.807) is 20.8 Å². The molecule has 0 radical (unpaired) electrons. The quantitative estimate of drug-likeness (QED) is 0.722. The van der Waals surface area contributed by atoms with Gasteiger partial charge < -0.3 is 9.47 Å². The first kappa shape index (κ1) is 12.2. The minimum atomic E-state index is -0.503. The number of hydrogen-bond acceptors (Lipinski definition) is 4. The smallest absolute Gasteiger partial charge is 0.345 e. The Bertz CT molecular complexity index is 321. The van der Waals surface area contributed by atoms with Gasteiger partial charge in [0.1, 0.15) is 16.5 Å². The van der Waals surface area contributed by atoms with Crippen LogP contribution in [0.4, 0.5) is 0 Å². The summed E-state index contributed by atoms with van der Waals surface area (Å²) in [6.45, 7) is 5.47. The molecule has 15 heavy (non-hydrogen) atoms. The SMILES string of the molecule is CCOC(=O)[C@H]1C(C)=C(Br)C(=O)O[C@H]1C. The normalized spacial score (nSPS) is 26.3. The van der Waals surface area contributed by atoms with Crippen LogP contribution >= 0.6 is 15.9 Å². The minimum absolute atomic E-state index is 0.318. The number of carbonyl (C=O) groups excluding carboxylic acids is 2. The van der Waals surface area contributed by atoms with Gasteiger partial charge in [0.25, 0.3) is 0 Å². The van der Waals surface area contributed by atoms with Crippen LogP contribution in [0.3, 0.4) is 0 Å². The van der Waals surface area contributed by atoms with Crippen LogP contribution in [0.15, 0.2) is 10.1 Å². The van der Waals surface area contributed by atoms with Crippen molar-refractivity contribution in [3.05, 3.63) is 10.1 Å². The van der Waals surface area contributed by atoms with Gasteiger partial charge in [0.15, 0.2) is 0 Å². The zero-order valence-electron chi connectivity index (χ0n) is 8.87. The number of halogens is 1. The molecule has 0 unspecified atom stereocenters. The fourth-order valence-electron chi connectivity index (χ4n) is 1.54. The average molecular weight is 277 g/mol. The molecule has 0 saturated heterocycles. The number of rotatable bonds is 2. The zero-order chi connectivity index (χ0) is 11.6. The molecule has 1 aliphatic heterocycles. The van der Waals surface area contributed by atoms with E-state index in [-0.39, 0.29) is 5.97 Å². The van der Waals surface area contributed by atoms with Gasteiger partial charge in [-0.3, -0.25) is 4.79 Å². The van der Waals surface area contributed by atoms with E-state index in [1.165, 1.54) is 0 Å². The highest BCUT2D eigenvalue weighted by atomic mass is 79.9. The van der Waals surface area contributed by atoms with Crippen molar-refractivity contribution in [3.8, 4) is 0 Å². The van der Waals surface area contributed by atoms with Gasteiger partial charge in [-0.2, -0.15) is 0 Å². The van der Waals surface area contributed by atoms with Crippen LogP contribution in [0.5, 0.6) is 0 Å². The Morgan fingerprint density at radius 3 is 2.73 bits per heavy atom. The predicted molar refractivity (Wildman–Crippen MR) is 57.3 cm³/mol. The van der Waals surface area contributed by atoms with E-state index >= 15 is 0 Å². The molecule has 0 aromatic carbocycles. The van der Waals surface area contributed by atoms with Crippen molar-refractivity contribution in [2.24, 2.45) is 5.92 Å². The summed E-state index contributed by atoms with van der Waals surface area (Å²) >= 11 is 3.10. The predicted octanol–water partition coefficient (Wildman–Crippen LogP) is 1.78. The topological polar surface area (TPSA) is 52.6 Å². The van der Waals surface area contributed by atoms with Gasteiger partial charge in [-0.25, -0.2) is 4.79 Å². The van der Waals surface area contributed by atoms with Crippen molar-refractivity contribution < 1.29 is 19.1 Å². The lowest BCUT2D eigenvalue weighted by Gasteiger charge is -2.28. The molecule has 2 atom stereocenters. The Morgan fingerprint density at radius 2 is 2.20 bits per heavy atom. The zero-order valence-corrected chi connectivity index (χ0v) is 10.5. The molecule has 0 aliphatic carbocycles. The molecule has 0 amide bonds. The molecule has 0 fully saturated rings. The lowest BCUT2D eigenvalue weighted by atomic mass is 9.93. The van der Waals surface area contributed by atoms with Crippen LogP contribution in [-0.4, -0.2) is 24.6 Å². The van der Waals surface area contributed by atoms with Crippen LogP contribution in [0.2, 0.25) is 0 Å². The largest absolute Gasteiger partial charge is 0.465 e. The molecule has 1 rings (SSSR count). The van der Waals surface area contributed by atoms with Crippen LogP contribution < -0.4 is 0 Å². The van der Waals surface area contributed by atoms with Crippen molar-refractivity contribution in [2.45, 2.75) is 26.9 Å². The van der Waals surface area contributed by atoms with E-state index in [9.17, 15) is 9.59 Å². The Kier molecular flexibility index (Phi) is 3.90. The molecular weight excluding hydrogens is 264 g/mol. The molecular formula is C10H13BrO4. The van der Waals surface area contributed by atoms with E-state index < -0.39 is 18.0 Å². The lowest BCUT2D eigenvalue weighted by molar-refractivity contribution is -0.158. The van der Waals surface area contributed by atoms with Gasteiger partial charge in [-0.1, -0.05) is 0 Å². The highest BCUT2D eigenvalue weighted by Gasteiger charge is 2.37. The third-order valence-electron chi connectivity index (χ3n) is 2.29. The van der Waals surface area contributed by atoms with E-state index in [1.807, 2.05) is 0 Å². The molecule has 1 heterocycles. The third-order valence-corrected chi connectivity index (χ3v) is 3.24. The van der Waals surface area contributed by atoms with E-state index in [0.29, 0.717) is 16.7 Å². The van der Waals surface area contributed by atoms with Crippen molar-refractivity contribution in [2.75, 3.05) is 6.61 Å². The first-order valence-electron chi connectivity index (χ1n) is 4.72. The molecule has 0 aromatic heterocycles. The first-order chi connectivity index (χ1) is 6.99. The Morgan fingerprint density at radius 1 is 1.60 bits per heavy atom. The second-order valence-electron chi connectivity index (χ2n) is 3.34. The Hall–Kier alpha value is -0.840. The molecule has 0 N–H and O–H groups in total. The molecule has 0 saturated carbocycles. The van der Waals surface area contributed by atoms with Gasteiger partial charge in [-0.05, 0) is 42.3 Å². The van der Waals surface area contributed by atoms with Crippen molar-refractivity contribution in [1.29, 1.82) is 0 Å². The van der Waals surface area contributed by atoms with Gasteiger partial charge in [-0.15, -0.1) is 0 Å². The molecule has 0 aromatic rings. The average Bonchev–Trinajstić information content (AvgIpc) is 2.15. The number of cyclic esters (lactones) is 1. The fourth-order valence-corrected chi connectivity index (χ4v) is 1.88. The minimum Gasteiger partial charge on any atom is -0.465 e. The monoisotopic (exact) mass is 276 g/mol. The van der Waals surface area contributed by atoms with Gasteiger partial charge in [0.2, 0.25) is 0 Å². The van der Waals surface area contributed by atoms with Crippen molar-refractivity contribution >= 4 is 27.9 Å². The standard InChI is InChI=1S/C10H13BrO4/c1-4-14-9(12)7-5(2)8(11)10(13)15-6(7)3/h6-7H,4H2,1-3H3/t6-,7-/m0/s1. The first-order valence-corrected chi connectivity index (χ1v) is 5.52. The summed E-state index contributed by atoms with van der Waals surface area (Å²) < 4.78 is 10.2. The maximum atomic E-state index is 11.6. The van der Waals surface area contributed by atoms with Gasteiger partial charge in [0, 0.05) is 0 Å². The van der Waals surface area contributed by atoms with Crippen molar-refractivity contribution in [1.82, 2.24) is 0 Å². The maximum absolute atomic E-state index is 11.6. The molecule has 1 aliphatic rings. The maximum Gasteiger partial charge on any atom is 0.345 e. The lowest BCUT2D eigenvalue weighted by Crippen LogP contribution is -2.37. The Labute approximate surface area is 96.7 Å². The van der Waals surface area contributed by atoms with Crippen LogP contribution in [-0.2, 0) is 19.1 Å². The summed E-state index contributed by atoms with van der Waals surface area (Å²) in [7, 11) is 0. The number of carbonyl (C=O) groups is 2.